The second-order valence-corrected chi connectivity index (χ2v) is 3.37. The van der Waals surface area contributed by atoms with Crippen LogP contribution >= 0.6 is 0 Å². The van der Waals surface area contributed by atoms with Crippen molar-refractivity contribution in [3.8, 4) is 6.07 Å². The number of rotatable bonds is 1. The minimum Gasteiger partial charge on any atom is -0.360 e. The molecule has 0 fully saturated rings. The van der Waals surface area contributed by atoms with Gasteiger partial charge in [-0.2, -0.15) is 18.4 Å². The molecule has 0 aliphatic rings. The van der Waals surface area contributed by atoms with Gasteiger partial charge >= 0.3 is 6.18 Å². The van der Waals surface area contributed by atoms with Crippen molar-refractivity contribution in [1.29, 1.82) is 5.26 Å². The Morgan fingerprint density at radius 1 is 1.31 bits per heavy atom. The van der Waals surface area contributed by atoms with Crippen LogP contribution in [-0.2, 0) is 12.6 Å². The van der Waals surface area contributed by atoms with Crippen molar-refractivity contribution in [2.24, 2.45) is 0 Å². The van der Waals surface area contributed by atoms with Crippen molar-refractivity contribution in [2.75, 3.05) is 0 Å². The molecule has 0 unspecified atom stereocenters. The van der Waals surface area contributed by atoms with Crippen LogP contribution in [0.1, 0.15) is 11.1 Å². The van der Waals surface area contributed by atoms with Gasteiger partial charge in [0.05, 0.1) is 23.6 Å². The van der Waals surface area contributed by atoms with Crippen LogP contribution in [0.5, 0.6) is 0 Å². The molecule has 0 atom stereocenters. The molecule has 0 amide bonds. The molecule has 2 aromatic rings. The molecule has 0 saturated heterocycles. The van der Waals surface area contributed by atoms with E-state index in [4.69, 9.17) is 5.26 Å². The van der Waals surface area contributed by atoms with Gasteiger partial charge in [-0.05, 0) is 11.6 Å². The molecule has 2 rings (SSSR count). The maximum atomic E-state index is 12.6. The normalized spacial score (nSPS) is 11.6. The van der Waals surface area contributed by atoms with Crippen molar-refractivity contribution < 1.29 is 13.2 Å². The lowest BCUT2D eigenvalue weighted by Crippen LogP contribution is -2.05. The maximum Gasteiger partial charge on any atom is 0.418 e. The lowest BCUT2D eigenvalue weighted by atomic mass is 10.1. The number of benzene rings is 1. The number of aromatic nitrogens is 1. The summed E-state index contributed by atoms with van der Waals surface area (Å²) < 4.78 is 37.9. The summed E-state index contributed by atoms with van der Waals surface area (Å²) in [4.78, 5) is 2.58. The number of nitriles is 1. The van der Waals surface area contributed by atoms with Gasteiger partial charge in [0, 0.05) is 11.6 Å². The Balaban J connectivity index is 2.68. The molecule has 0 saturated carbocycles. The number of alkyl halides is 3. The first-order chi connectivity index (χ1) is 7.54. The van der Waals surface area contributed by atoms with Crippen molar-refractivity contribution in [2.45, 2.75) is 12.6 Å². The van der Waals surface area contributed by atoms with Crippen LogP contribution in [-0.4, -0.2) is 4.98 Å². The molecule has 16 heavy (non-hydrogen) atoms. The third-order valence-electron chi connectivity index (χ3n) is 2.38. The first-order valence-corrected chi connectivity index (χ1v) is 4.57. The number of hydrogen-bond donors (Lipinski definition) is 1. The monoisotopic (exact) mass is 224 g/mol. The van der Waals surface area contributed by atoms with Crippen molar-refractivity contribution >= 4 is 10.9 Å². The number of para-hydroxylation sites is 1. The largest absolute Gasteiger partial charge is 0.418 e. The van der Waals surface area contributed by atoms with Gasteiger partial charge < -0.3 is 4.98 Å². The van der Waals surface area contributed by atoms with Crippen LogP contribution in [0.2, 0.25) is 0 Å². The van der Waals surface area contributed by atoms with Crippen molar-refractivity contribution in [3.63, 3.8) is 0 Å². The minimum absolute atomic E-state index is 0.0419. The van der Waals surface area contributed by atoms with Gasteiger partial charge in [0.2, 0.25) is 0 Å². The molecule has 0 radical (unpaired) electrons. The zero-order valence-corrected chi connectivity index (χ0v) is 8.10. The summed E-state index contributed by atoms with van der Waals surface area (Å²) >= 11 is 0. The van der Waals surface area contributed by atoms with E-state index in [1.54, 1.807) is 6.07 Å². The average molecular weight is 224 g/mol. The van der Waals surface area contributed by atoms with Crippen LogP contribution < -0.4 is 0 Å². The van der Waals surface area contributed by atoms with E-state index in [-0.39, 0.29) is 11.9 Å². The van der Waals surface area contributed by atoms with Gasteiger partial charge in [-0.25, -0.2) is 0 Å². The Morgan fingerprint density at radius 2 is 2.06 bits per heavy atom. The summed E-state index contributed by atoms with van der Waals surface area (Å²) in [5.41, 5.74) is -0.0713. The number of nitrogens with one attached hydrogen (secondary N) is 1. The summed E-state index contributed by atoms with van der Waals surface area (Å²) in [5, 5.41) is 9.00. The van der Waals surface area contributed by atoms with E-state index in [9.17, 15) is 13.2 Å². The number of nitrogens with zero attached hydrogens (tertiary/aromatic N) is 1. The van der Waals surface area contributed by atoms with Gasteiger partial charge in [-0.3, -0.25) is 0 Å². The lowest BCUT2D eigenvalue weighted by molar-refractivity contribution is -0.136. The second kappa shape index (κ2) is 3.56. The molecule has 1 heterocycles. The molecule has 5 heteroatoms. The van der Waals surface area contributed by atoms with E-state index in [1.165, 1.54) is 12.3 Å². The second-order valence-electron chi connectivity index (χ2n) is 3.37. The number of H-pyrrole nitrogens is 1. The Hall–Kier alpha value is -1.96. The van der Waals surface area contributed by atoms with Crippen molar-refractivity contribution in [3.05, 3.63) is 35.5 Å². The first-order valence-electron chi connectivity index (χ1n) is 4.57. The maximum absolute atomic E-state index is 12.6. The zero-order valence-electron chi connectivity index (χ0n) is 8.10. The predicted molar refractivity (Wildman–Crippen MR) is 52.6 cm³/mol. The van der Waals surface area contributed by atoms with Crippen LogP contribution in [0.25, 0.3) is 10.9 Å². The van der Waals surface area contributed by atoms with E-state index in [1.807, 2.05) is 6.07 Å². The van der Waals surface area contributed by atoms with E-state index in [0.717, 1.165) is 6.07 Å². The SMILES string of the molecule is N#CCc1c[nH]c2c(C(F)(F)F)cccc12. The van der Waals surface area contributed by atoms with Gasteiger partial charge in [0.1, 0.15) is 0 Å². The molecule has 82 valence electrons. The summed E-state index contributed by atoms with van der Waals surface area (Å²) in [7, 11) is 0. The molecular formula is C11H7F3N2. The van der Waals surface area contributed by atoms with E-state index in [0.29, 0.717) is 10.9 Å². The standard InChI is InChI=1S/C11H7F3N2/c12-11(13,14)9-3-1-2-8-7(4-5-15)6-16-10(8)9/h1-3,6,16H,4H2. The average Bonchev–Trinajstić information content (AvgIpc) is 2.61. The number of hydrogen-bond acceptors (Lipinski definition) is 1. The molecule has 0 aliphatic heterocycles. The number of halogens is 3. The molecule has 0 spiro atoms. The Kier molecular flexibility index (Phi) is 2.35. The molecule has 1 N–H and O–H groups in total. The highest BCUT2D eigenvalue weighted by Crippen LogP contribution is 2.35. The van der Waals surface area contributed by atoms with E-state index < -0.39 is 11.7 Å². The molecule has 0 aliphatic carbocycles. The summed E-state index contributed by atoms with van der Waals surface area (Å²) in [6, 6.07) is 5.87. The highest BCUT2D eigenvalue weighted by molar-refractivity contribution is 5.86. The third-order valence-corrected chi connectivity index (χ3v) is 2.38. The Morgan fingerprint density at radius 3 is 2.69 bits per heavy atom. The minimum atomic E-state index is -4.38. The van der Waals surface area contributed by atoms with Gasteiger partial charge in [-0.15, -0.1) is 0 Å². The number of aromatic amines is 1. The fourth-order valence-corrected chi connectivity index (χ4v) is 1.68. The van der Waals surface area contributed by atoms with Crippen molar-refractivity contribution in [1.82, 2.24) is 4.98 Å². The zero-order chi connectivity index (χ0) is 11.8. The fraction of sp³-hybridized carbons (Fsp3) is 0.182. The molecule has 0 bridgehead atoms. The van der Waals surface area contributed by atoms with E-state index in [2.05, 4.69) is 4.98 Å². The highest BCUT2D eigenvalue weighted by atomic mass is 19.4. The van der Waals surface area contributed by atoms with Gasteiger partial charge in [0.25, 0.3) is 0 Å². The summed E-state index contributed by atoms with van der Waals surface area (Å²) in [6.07, 6.45) is -2.83. The van der Waals surface area contributed by atoms with Gasteiger partial charge in [-0.1, -0.05) is 12.1 Å². The topological polar surface area (TPSA) is 39.6 Å². The Labute approximate surface area is 89.3 Å². The van der Waals surface area contributed by atoms with E-state index >= 15 is 0 Å². The predicted octanol–water partition coefficient (Wildman–Crippen LogP) is 3.25. The fourth-order valence-electron chi connectivity index (χ4n) is 1.68. The molecular weight excluding hydrogens is 217 g/mol. The smallest absolute Gasteiger partial charge is 0.360 e. The first kappa shape index (κ1) is 10.6. The Bertz CT molecular complexity index is 561. The number of fused-ring (bicyclic) bond motifs is 1. The van der Waals surface area contributed by atoms with Crippen LogP contribution in [0.4, 0.5) is 13.2 Å². The van der Waals surface area contributed by atoms with Crippen LogP contribution in [0.3, 0.4) is 0 Å². The quantitative estimate of drug-likeness (QED) is 0.793. The molecule has 1 aromatic carbocycles. The molecule has 2 nitrogen and oxygen atoms in total. The highest BCUT2D eigenvalue weighted by Gasteiger charge is 2.33. The van der Waals surface area contributed by atoms with Gasteiger partial charge in [0.15, 0.2) is 0 Å². The lowest BCUT2D eigenvalue weighted by Gasteiger charge is -2.07. The van der Waals surface area contributed by atoms with Crippen LogP contribution in [0, 0.1) is 11.3 Å². The third kappa shape index (κ3) is 1.63. The molecule has 1 aromatic heterocycles. The van der Waals surface area contributed by atoms with Crippen LogP contribution in [0.15, 0.2) is 24.4 Å². The summed E-state index contributed by atoms with van der Waals surface area (Å²) in [6.45, 7) is 0. The summed E-state index contributed by atoms with van der Waals surface area (Å²) in [5.74, 6) is 0.